The molecule has 0 spiro atoms. The zero-order chi connectivity index (χ0) is 13.3. The molecule has 2 heterocycles. The monoisotopic (exact) mass is 250 g/mol. The summed E-state index contributed by atoms with van der Waals surface area (Å²) in [5.74, 6) is 0.603. The molecule has 0 saturated carbocycles. The number of hydrogen-bond acceptors (Lipinski definition) is 3. The van der Waals surface area contributed by atoms with Crippen LogP contribution in [0.25, 0.3) is 0 Å². The van der Waals surface area contributed by atoms with E-state index in [2.05, 4.69) is 37.9 Å². The van der Waals surface area contributed by atoms with Gasteiger partial charge in [0, 0.05) is 12.2 Å². The highest BCUT2D eigenvalue weighted by molar-refractivity contribution is 5.20. The van der Waals surface area contributed by atoms with Crippen molar-refractivity contribution in [1.29, 1.82) is 0 Å². The second-order valence-corrected chi connectivity index (χ2v) is 6.03. The third-order valence-electron chi connectivity index (χ3n) is 3.58. The van der Waals surface area contributed by atoms with Crippen molar-refractivity contribution in [2.75, 3.05) is 6.61 Å². The summed E-state index contributed by atoms with van der Waals surface area (Å²) in [4.78, 5) is 11.9. The van der Waals surface area contributed by atoms with Crippen LogP contribution in [0.2, 0.25) is 0 Å². The maximum Gasteiger partial charge on any atom is 0.267 e. The first-order chi connectivity index (χ1) is 8.39. The van der Waals surface area contributed by atoms with Crippen molar-refractivity contribution >= 4 is 0 Å². The van der Waals surface area contributed by atoms with Crippen LogP contribution in [-0.4, -0.2) is 22.4 Å². The van der Waals surface area contributed by atoms with Crippen molar-refractivity contribution in [3.63, 3.8) is 0 Å². The molecule has 0 radical (unpaired) electrons. The molecule has 2 rings (SSSR count). The lowest BCUT2D eigenvalue weighted by molar-refractivity contribution is -0.0594. The third kappa shape index (κ3) is 2.80. The van der Waals surface area contributed by atoms with Gasteiger partial charge in [-0.25, -0.2) is 5.10 Å². The summed E-state index contributed by atoms with van der Waals surface area (Å²) in [6.07, 6.45) is 1.80. The molecule has 0 amide bonds. The van der Waals surface area contributed by atoms with Gasteiger partial charge in [0.15, 0.2) is 0 Å². The van der Waals surface area contributed by atoms with E-state index in [1.54, 1.807) is 0 Å². The molecule has 4 heteroatoms. The summed E-state index contributed by atoms with van der Waals surface area (Å²) in [7, 11) is 0. The highest BCUT2D eigenvalue weighted by Crippen LogP contribution is 2.34. The van der Waals surface area contributed by atoms with Crippen LogP contribution in [-0.2, 0) is 4.74 Å². The minimum atomic E-state index is -0.142. The Morgan fingerprint density at radius 1 is 1.50 bits per heavy atom. The van der Waals surface area contributed by atoms with Crippen molar-refractivity contribution in [2.45, 2.75) is 58.0 Å². The van der Waals surface area contributed by atoms with Gasteiger partial charge in [0.25, 0.3) is 5.56 Å². The predicted octanol–water partition coefficient (Wildman–Crippen LogP) is 2.57. The normalized spacial score (nSPS) is 23.3. The molecule has 1 N–H and O–H groups in total. The van der Waals surface area contributed by atoms with Crippen LogP contribution >= 0.6 is 0 Å². The Balaban J connectivity index is 2.32. The summed E-state index contributed by atoms with van der Waals surface area (Å²) >= 11 is 0. The van der Waals surface area contributed by atoms with Crippen molar-refractivity contribution in [2.24, 2.45) is 0 Å². The zero-order valence-corrected chi connectivity index (χ0v) is 11.6. The van der Waals surface area contributed by atoms with Gasteiger partial charge < -0.3 is 4.74 Å². The van der Waals surface area contributed by atoms with Crippen molar-refractivity contribution in [3.8, 4) is 0 Å². The Morgan fingerprint density at radius 2 is 2.22 bits per heavy atom. The summed E-state index contributed by atoms with van der Waals surface area (Å²) < 4.78 is 5.71. The Morgan fingerprint density at radius 3 is 2.83 bits per heavy atom. The topological polar surface area (TPSA) is 55.0 Å². The second kappa shape index (κ2) is 4.84. The minimum Gasteiger partial charge on any atom is -0.376 e. The van der Waals surface area contributed by atoms with Crippen LogP contribution in [0, 0.1) is 0 Å². The SMILES string of the molecule is CC(C)c1cc(C2CCOC(C)(C)C2)c(=O)[nH]n1. The van der Waals surface area contributed by atoms with Gasteiger partial charge in [-0.15, -0.1) is 0 Å². The van der Waals surface area contributed by atoms with Crippen LogP contribution in [0.15, 0.2) is 10.9 Å². The molecule has 0 aliphatic carbocycles. The van der Waals surface area contributed by atoms with E-state index in [4.69, 9.17) is 4.74 Å². The van der Waals surface area contributed by atoms with E-state index < -0.39 is 0 Å². The van der Waals surface area contributed by atoms with E-state index in [9.17, 15) is 4.79 Å². The first kappa shape index (κ1) is 13.3. The smallest absolute Gasteiger partial charge is 0.267 e. The number of hydrogen-bond donors (Lipinski definition) is 1. The number of nitrogens with one attached hydrogen (secondary N) is 1. The first-order valence-corrected chi connectivity index (χ1v) is 6.62. The van der Waals surface area contributed by atoms with Gasteiger partial charge in [0.2, 0.25) is 0 Å². The maximum atomic E-state index is 11.9. The van der Waals surface area contributed by atoms with Gasteiger partial charge in [-0.1, -0.05) is 13.8 Å². The Kier molecular flexibility index (Phi) is 3.57. The predicted molar refractivity (Wildman–Crippen MR) is 71.0 cm³/mol. The van der Waals surface area contributed by atoms with E-state index in [1.807, 2.05) is 6.07 Å². The Hall–Kier alpha value is -1.16. The molecule has 4 nitrogen and oxygen atoms in total. The highest BCUT2D eigenvalue weighted by Gasteiger charge is 2.31. The van der Waals surface area contributed by atoms with E-state index in [0.29, 0.717) is 5.92 Å². The summed E-state index contributed by atoms with van der Waals surface area (Å²) in [5.41, 5.74) is 1.62. The minimum absolute atomic E-state index is 0.0536. The Labute approximate surface area is 108 Å². The number of nitrogens with zero attached hydrogens (tertiary/aromatic N) is 1. The summed E-state index contributed by atoms with van der Waals surface area (Å²) in [5, 5.41) is 6.73. The first-order valence-electron chi connectivity index (χ1n) is 6.62. The number of H-pyrrole nitrogens is 1. The number of ether oxygens (including phenoxy) is 1. The van der Waals surface area contributed by atoms with E-state index in [1.165, 1.54) is 0 Å². The van der Waals surface area contributed by atoms with Crippen LogP contribution in [0.3, 0.4) is 0 Å². The van der Waals surface area contributed by atoms with Crippen molar-refractivity contribution < 1.29 is 4.74 Å². The number of aromatic amines is 1. The fourth-order valence-corrected chi connectivity index (χ4v) is 2.53. The van der Waals surface area contributed by atoms with Crippen LogP contribution in [0.5, 0.6) is 0 Å². The van der Waals surface area contributed by atoms with Gasteiger partial charge in [-0.3, -0.25) is 4.79 Å². The fourth-order valence-electron chi connectivity index (χ4n) is 2.53. The van der Waals surface area contributed by atoms with Gasteiger partial charge in [-0.2, -0.15) is 5.10 Å². The largest absolute Gasteiger partial charge is 0.376 e. The molecule has 100 valence electrons. The van der Waals surface area contributed by atoms with E-state index >= 15 is 0 Å². The molecule has 1 saturated heterocycles. The van der Waals surface area contributed by atoms with E-state index in [-0.39, 0.29) is 17.1 Å². The summed E-state index contributed by atoms with van der Waals surface area (Å²) in [6.45, 7) is 9.04. The second-order valence-electron chi connectivity index (χ2n) is 6.03. The zero-order valence-electron chi connectivity index (χ0n) is 11.6. The van der Waals surface area contributed by atoms with Crippen molar-refractivity contribution in [3.05, 3.63) is 27.7 Å². The Bertz CT molecular complexity index is 477. The standard InChI is InChI=1S/C14H22N2O2/c1-9(2)12-7-11(13(17)16-15-12)10-5-6-18-14(3,4)8-10/h7,9-10H,5-6,8H2,1-4H3,(H,16,17). The molecule has 1 unspecified atom stereocenters. The molecule has 1 atom stereocenters. The molecule has 0 bridgehead atoms. The average molecular weight is 250 g/mol. The molecular formula is C14H22N2O2. The van der Waals surface area contributed by atoms with Gasteiger partial charge >= 0.3 is 0 Å². The van der Waals surface area contributed by atoms with Crippen LogP contribution in [0.1, 0.15) is 63.6 Å². The molecule has 1 aliphatic heterocycles. The summed E-state index contributed by atoms with van der Waals surface area (Å²) in [6, 6.07) is 1.97. The number of rotatable bonds is 2. The quantitative estimate of drug-likeness (QED) is 0.877. The molecule has 1 fully saturated rings. The molecule has 18 heavy (non-hydrogen) atoms. The van der Waals surface area contributed by atoms with Gasteiger partial charge in [0.05, 0.1) is 11.3 Å². The number of aromatic nitrogens is 2. The fraction of sp³-hybridized carbons (Fsp3) is 0.714. The van der Waals surface area contributed by atoms with Gasteiger partial charge in [-0.05, 0) is 44.6 Å². The van der Waals surface area contributed by atoms with Crippen LogP contribution < -0.4 is 5.56 Å². The van der Waals surface area contributed by atoms with Gasteiger partial charge in [0.1, 0.15) is 0 Å². The lowest BCUT2D eigenvalue weighted by atomic mass is 9.84. The molecule has 1 aliphatic rings. The molecular weight excluding hydrogens is 228 g/mol. The molecule has 0 aromatic carbocycles. The van der Waals surface area contributed by atoms with Crippen molar-refractivity contribution in [1.82, 2.24) is 10.2 Å². The molecule has 1 aromatic heterocycles. The molecule has 1 aromatic rings. The average Bonchev–Trinajstić information content (AvgIpc) is 2.27. The highest BCUT2D eigenvalue weighted by atomic mass is 16.5. The lowest BCUT2D eigenvalue weighted by Gasteiger charge is -2.35. The maximum absolute atomic E-state index is 11.9. The van der Waals surface area contributed by atoms with Crippen LogP contribution in [0.4, 0.5) is 0 Å². The third-order valence-corrected chi connectivity index (χ3v) is 3.58. The lowest BCUT2D eigenvalue weighted by Crippen LogP contribution is -2.35. The van der Waals surface area contributed by atoms with E-state index in [0.717, 1.165) is 30.7 Å².